The van der Waals surface area contributed by atoms with E-state index in [0.29, 0.717) is 5.75 Å². The van der Waals surface area contributed by atoms with E-state index in [9.17, 15) is 5.11 Å². The van der Waals surface area contributed by atoms with Crippen LogP contribution in [0, 0.1) is 0 Å². The number of fused-ring (bicyclic) bond motifs is 1. The molecule has 0 radical (unpaired) electrons. The number of benzene rings is 1. The fourth-order valence-electron chi connectivity index (χ4n) is 1.94. The molecule has 78 valence electrons. The van der Waals surface area contributed by atoms with Crippen molar-refractivity contribution in [2.45, 2.75) is 12.8 Å². The number of hydrogen-bond acceptors (Lipinski definition) is 4. The number of rotatable bonds is 1. The number of nitrogens with zero attached hydrogens (tertiary/aromatic N) is 2. The first kappa shape index (κ1) is 8.97. The Kier molecular flexibility index (Phi) is 2.02. The minimum atomic E-state index is 0.319. The Balaban J connectivity index is 2.05. The number of hydrogen-bond donors (Lipinski definition) is 1. The maximum Gasteiger partial charge on any atom is 0.186 e. The lowest BCUT2D eigenvalue weighted by atomic mass is 10.3. The highest BCUT2D eigenvalue weighted by molar-refractivity contribution is 7.22. The first-order chi connectivity index (χ1) is 7.33. The number of phenols is 1. The molecule has 0 spiro atoms. The fourth-order valence-corrected chi connectivity index (χ4v) is 3.00. The summed E-state index contributed by atoms with van der Waals surface area (Å²) in [5.41, 5.74) is 0.986. The molecule has 4 heteroatoms. The lowest BCUT2D eigenvalue weighted by molar-refractivity contribution is 0.476. The number of aromatic hydroxyl groups is 1. The molecule has 2 heterocycles. The molecule has 1 fully saturated rings. The van der Waals surface area contributed by atoms with E-state index in [2.05, 4.69) is 9.88 Å². The largest absolute Gasteiger partial charge is 0.508 e. The summed E-state index contributed by atoms with van der Waals surface area (Å²) in [5, 5.41) is 10.5. The molecule has 1 aromatic carbocycles. The molecule has 0 bridgehead atoms. The Morgan fingerprint density at radius 1 is 1.27 bits per heavy atom. The van der Waals surface area contributed by atoms with Crippen molar-refractivity contribution >= 4 is 26.7 Å². The normalized spacial score (nSPS) is 16.4. The minimum Gasteiger partial charge on any atom is -0.508 e. The highest BCUT2D eigenvalue weighted by Gasteiger charge is 2.16. The summed E-state index contributed by atoms with van der Waals surface area (Å²) in [6.45, 7) is 2.23. The molecule has 0 amide bonds. The molecule has 0 aliphatic carbocycles. The van der Waals surface area contributed by atoms with E-state index in [1.165, 1.54) is 12.8 Å². The summed E-state index contributed by atoms with van der Waals surface area (Å²) < 4.78 is 1.07. The van der Waals surface area contributed by atoms with E-state index in [1.807, 2.05) is 6.07 Å². The van der Waals surface area contributed by atoms with Crippen LogP contribution in [0.4, 0.5) is 5.13 Å². The lowest BCUT2D eigenvalue weighted by Gasteiger charge is -2.11. The van der Waals surface area contributed by atoms with Gasteiger partial charge in [0.05, 0.1) is 10.2 Å². The Morgan fingerprint density at radius 2 is 2.07 bits per heavy atom. The summed E-state index contributed by atoms with van der Waals surface area (Å²) in [6.07, 6.45) is 2.53. The van der Waals surface area contributed by atoms with E-state index in [1.54, 1.807) is 23.5 Å². The van der Waals surface area contributed by atoms with Gasteiger partial charge in [-0.05, 0) is 31.0 Å². The zero-order chi connectivity index (χ0) is 10.3. The van der Waals surface area contributed by atoms with Crippen molar-refractivity contribution in [3.05, 3.63) is 18.2 Å². The van der Waals surface area contributed by atoms with E-state index < -0.39 is 0 Å². The van der Waals surface area contributed by atoms with Crippen LogP contribution in [0.3, 0.4) is 0 Å². The third kappa shape index (κ3) is 1.55. The van der Waals surface area contributed by atoms with Gasteiger partial charge in [-0.3, -0.25) is 0 Å². The molecule has 2 aromatic rings. The second-order valence-corrected chi connectivity index (χ2v) is 4.85. The third-order valence-electron chi connectivity index (χ3n) is 2.74. The van der Waals surface area contributed by atoms with Gasteiger partial charge >= 0.3 is 0 Å². The van der Waals surface area contributed by atoms with Crippen molar-refractivity contribution in [2.24, 2.45) is 0 Å². The average Bonchev–Trinajstić information content (AvgIpc) is 2.84. The van der Waals surface area contributed by atoms with Crippen LogP contribution in [0.2, 0.25) is 0 Å². The summed E-state index contributed by atoms with van der Waals surface area (Å²) in [7, 11) is 0. The molecule has 1 saturated heterocycles. The molecule has 3 nitrogen and oxygen atoms in total. The number of aromatic nitrogens is 1. The molecule has 0 saturated carbocycles. The van der Waals surface area contributed by atoms with Gasteiger partial charge in [0, 0.05) is 13.1 Å². The van der Waals surface area contributed by atoms with Crippen molar-refractivity contribution in [1.82, 2.24) is 4.98 Å². The molecular formula is C11H12N2OS. The number of thiazole rings is 1. The van der Waals surface area contributed by atoms with Crippen LogP contribution in [0.1, 0.15) is 12.8 Å². The predicted molar refractivity (Wildman–Crippen MR) is 62.7 cm³/mol. The van der Waals surface area contributed by atoms with Gasteiger partial charge in [0.2, 0.25) is 0 Å². The smallest absolute Gasteiger partial charge is 0.186 e. The Labute approximate surface area is 92.0 Å². The highest BCUT2D eigenvalue weighted by atomic mass is 32.1. The molecule has 0 atom stereocenters. The lowest BCUT2D eigenvalue weighted by Crippen LogP contribution is -2.16. The standard InChI is InChI=1S/C11H12N2OS/c14-8-3-4-9-10(7-8)15-11(12-9)13-5-1-2-6-13/h3-4,7,14H,1-2,5-6H2. The Bertz CT molecular complexity index is 488. The van der Waals surface area contributed by atoms with E-state index in [0.717, 1.165) is 28.4 Å². The predicted octanol–water partition coefficient (Wildman–Crippen LogP) is 2.60. The van der Waals surface area contributed by atoms with Crippen molar-refractivity contribution in [3.8, 4) is 5.75 Å². The maximum absolute atomic E-state index is 9.37. The first-order valence-electron chi connectivity index (χ1n) is 5.17. The summed E-state index contributed by atoms with van der Waals surface area (Å²) in [6, 6.07) is 5.35. The number of phenolic OH excluding ortho intramolecular Hbond substituents is 1. The first-order valence-corrected chi connectivity index (χ1v) is 5.99. The molecule has 1 aromatic heterocycles. The topological polar surface area (TPSA) is 36.4 Å². The summed E-state index contributed by atoms with van der Waals surface area (Å²) in [5.74, 6) is 0.319. The summed E-state index contributed by atoms with van der Waals surface area (Å²) in [4.78, 5) is 6.89. The van der Waals surface area contributed by atoms with Crippen molar-refractivity contribution in [3.63, 3.8) is 0 Å². The van der Waals surface area contributed by atoms with Gasteiger partial charge in [0.1, 0.15) is 5.75 Å². The van der Waals surface area contributed by atoms with Gasteiger partial charge in [-0.15, -0.1) is 0 Å². The van der Waals surface area contributed by atoms with Gasteiger partial charge in [0.15, 0.2) is 5.13 Å². The van der Waals surface area contributed by atoms with Crippen LogP contribution in [0.25, 0.3) is 10.2 Å². The van der Waals surface area contributed by atoms with E-state index in [4.69, 9.17) is 0 Å². The van der Waals surface area contributed by atoms with Crippen LogP contribution in [-0.2, 0) is 0 Å². The molecule has 1 aliphatic heterocycles. The minimum absolute atomic E-state index is 0.319. The molecule has 15 heavy (non-hydrogen) atoms. The van der Waals surface area contributed by atoms with Gasteiger partial charge in [-0.2, -0.15) is 0 Å². The van der Waals surface area contributed by atoms with Crippen molar-refractivity contribution in [1.29, 1.82) is 0 Å². The second-order valence-electron chi connectivity index (χ2n) is 3.84. The zero-order valence-corrected chi connectivity index (χ0v) is 9.13. The third-order valence-corrected chi connectivity index (χ3v) is 3.82. The van der Waals surface area contributed by atoms with Gasteiger partial charge < -0.3 is 10.0 Å². The monoisotopic (exact) mass is 220 g/mol. The van der Waals surface area contributed by atoms with Gasteiger partial charge in [-0.25, -0.2) is 4.98 Å². The van der Waals surface area contributed by atoms with Crippen molar-refractivity contribution in [2.75, 3.05) is 18.0 Å². The van der Waals surface area contributed by atoms with Crippen LogP contribution in [-0.4, -0.2) is 23.2 Å². The SMILES string of the molecule is Oc1ccc2nc(N3CCCC3)sc2c1. The van der Waals surface area contributed by atoms with Gasteiger partial charge in [0.25, 0.3) is 0 Å². The molecule has 3 rings (SSSR count). The van der Waals surface area contributed by atoms with Gasteiger partial charge in [-0.1, -0.05) is 11.3 Å². The molecular weight excluding hydrogens is 208 g/mol. The van der Waals surface area contributed by atoms with E-state index in [-0.39, 0.29) is 0 Å². The quantitative estimate of drug-likeness (QED) is 0.802. The second kappa shape index (κ2) is 3.38. The Morgan fingerprint density at radius 3 is 2.87 bits per heavy atom. The summed E-state index contributed by atoms with van der Waals surface area (Å²) >= 11 is 1.66. The molecule has 1 aliphatic rings. The van der Waals surface area contributed by atoms with Crippen LogP contribution in [0.15, 0.2) is 18.2 Å². The van der Waals surface area contributed by atoms with Crippen LogP contribution >= 0.6 is 11.3 Å². The van der Waals surface area contributed by atoms with Crippen molar-refractivity contribution < 1.29 is 5.11 Å². The Hall–Kier alpha value is -1.29. The average molecular weight is 220 g/mol. The van der Waals surface area contributed by atoms with Crippen LogP contribution in [0.5, 0.6) is 5.75 Å². The highest BCUT2D eigenvalue weighted by Crippen LogP contribution is 2.32. The maximum atomic E-state index is 9.37. The molecule has 0 unspecified atom stereocenters. The zero-order valence-electron chi connectivity index (χ0n) is 8.31. The fraction of sp³-hybridized carbons (Fsp3) is 0.364. The van der Waals surface area contributed by atoms with Crippen LogP contribution < -0.4 is 4.90 Å². The number of anilines is 1. The van der Waals surface area contributed by atoms with E-state index >= 15 is 0 Å². The molecule has 1 N–H and O–H groups in total.